The predicted molar refractivity (Wildman–Crippen MR) is 81.0 cm³/mol. The molecule has 104 valence electrons. The van der Waals surface area contributed by atoms with E-state index in [4.69, 9.17) is 4.52 Å². The second-order valence-corrected chi connectivity index (χ2v) is 5.92. The van der Waals surface area contributed by atoms with Crippen molar-refractivity contribution in [1.82, 2.24) is 15.5 Å². The maximum atomic E-state index is 5.15. The van der Waals surface area contributed by atoms with Crippen molar-refractivity contribution < 1.29 is 4.52 Å². The fourth-order valence-corrected chi connectivity index (χ4v) is 3.16. The first-order valence-electron chi connectivity index (χ1n) is 6.71. The van der Waals surface area contributed by atoms with Gasteiger partial charge in [0.05, 0.1) is 20.9 Å². The normalized spacial score (nSPS) is 11.3. The molecule has 20 heavy (non-hydrogen) atoms. The van der Waals surface area contributed by atoms with E-state index in [1.165, 1.54) is 9.71 Å². The molecule has 1 aromatic carbocycles. The molecule has 2 aromatic heterocycles. The van der Waals surface area contributed by atoms with Crippen LogP contribution in [0.1, 0.15) is 22.0 Å². The number of nitrogens with one attached hydrogen (secondary N) is 1. The molecule has 0 spiro atoms. The Hall–Kier alpha value is -1.72. The lowest BCUT2D eigenvalue weighted by Crippen LogP contribution is -2.17. The Labute approximate surface area is 121 Å². The molecule has 0 saturated carbocycles. The third-order valence-corrected chi connectivity index (χ3v) is 4.43. The summed E-state index contributed by atoms with van der Waals surface area (Å²) < 4.78 is 6.41. The number of hydrogen-bond acceptors (Lipinski definition) is 5. The fourth-order valence-electron chi connectivity index (χ4n) is 2.19. The van der Waals surface area contributed by atoms with Gasteiger partial charge in [-0.05, 0) is 26.0 Å². The summed E-state index contributed by atoms with van der Waals surface area (Å²) in [6.45, 7) is 5.63. The largest absolute Gasteiger partial charge is 0.361 e. The van der Waals surface area contributed by atoms with E-state index in [0.717, 1.165) is 42.0 Å². The average Bonchev–Trinajstić information content (AvgIpc) is 2.99. The zero-order valence-corrected chi connectivity index (χ0v) is 12.5. The molecule has 0 amide bonds. The van der Waals surface area contributed by atoms with Crippen molar-refractivity contribution in [1.29, 1.82) is 0 Å². The van der Waals surface area contributed by atoms with Gasteiger partial charge in [-0.25, -0.2) is 4.98 Å². The summed E-state index contributed by atoms with van der Waals surface area (Å²) in [7, 11) is 0. The number of rotatable bonds is 5. The van der Waals surface area contributed by atoms with Crippen LogP contribution in [0.2, 0.25) is 0 Å². The number of hydrogen-bond donors (Lipinski definition) is 1. The number of aromatic nitrogens is 2. The molecular weight excluding hydrogens is 270 g/mol. The summed E-state index contributed by atoms with van der Waals surface area (Å²) in [5.74, 6) is 0.898. The highest BCUT2D eigenvalue weighted by Gasteiger charge is 2.08. The summed E-state index contributed by atoms with van der Waals surface area (Å²) in [5.41, 5.74) is 3.22. The Morgan fingerprint density at radius 2 is 2.10 bits per heavy atom. The van der Waals surface area contributed by atoms with Crippen LogP contribution in [-0.2, 0) is 13.0 Å². The quantitative estimate of drug-likeness (QED) is 0.732. The molecule has 0 radical (unpaired) electrons. The Balaban J connectivity index is 1.55. The molecule has 0 fully saturated rings. The van der Waals surface area contributed by atoms with Gasteiger partial charge < -0.3 is 9.84 Å². The second kappa shape index (κ2) is 5.73. The molecule has 5 heteroatoms. The predicted octanol–water partition coefficient (Wildman–Crippen LogP) is 3.23. The summed E-state index contributed by atoms with van der Waals surface area (Å²) in [5, 5.41) is 8.56. The van der Waals surface area contributed by atoms with E-state index in [1.807, 2.05) is 19.9 Å². The Kier molecular flexibility index (Phi) is 3.80. The fraction of sp³-hybridized carbons (Fsp3) is 0.333. The van der Waals surface area contributed by atoms with Crippen molar-refractivity contribution in [2.24, 2.45) is 0 Å². The number of fused-ring (bicyclic) bond motifs is 1. The number of thiazole rings is 1. The first-order chi connectivity index (χ1) is 9.74. The van der Waals surface area contributed by atoms with Gasteiger partial charge in [-0.1, -0.05) is 17.3 Å². The van der Waals surface area contributed by atoms with Crippen LogP contribution in [0.4, 0.5) is 0 Å². The van der Waals surface area contributed by atoms with Crippen molar-refractivity contribution >= 4 is 21.6 Å². The van der Waals surface area contributed by atoms with Crippen LogP contribution in [0.3, 0.4) is 0 Å². The van der Waals surface area contributed by atoms with Gasteiger partial charge in [0, 0.05) is 25.1 Å². The highest BCUT2D eigenvalue weighted by Crippen LogP contribution is 2.21. The number of nitrogens with zero attached hydrogens (tertiary/aromatic N) is 2. The molecule has 3 aromatic rings. The zero-order valence-electron chi connectivity index (χ0n) is 11.6. The first kappa shape index (κ1) is 13.3. The van der Waals surface area contributed by atoms with Crippen LogP contribution >= 0.6 is 11.3 Å². The Bertz CT molecular complexity index is 664. The highest BCUT2D eigenvalue weighted by atomic mass is 32.1. The van der Waals surface area contributed by atoms with E-state index < -0.39 is 0 Å². The molecule has 0 aliphatic rings. The summed E-state index contributed by atoms with van der Waals surface area (Å²) in [6, 6.07) is 8.27. The Morgan fingerprint density at radius 3 is 2.85 bits per heavy atom. The van der Waals surface area contributed by atoms with Crippen molar-refractivity contribution in [3.63, 3.8) is 0 Å². The molecule has 3 rings (SSSR count). The van der Waals surface area contributed by atoms with E-state index in [2.05, 4.69) is 33.7 Å². The highest BCUT2D eigenvalue weighted by molar-refractivity contribution is 7.18. The van der Waals surface area contributed by atoms with Crippen LogP contribution in [0.5, 0.6) is 0 Å². The summed E-state index contributed by atoms with van der Waals surface area (Å²) >= 11 is 1.77. The standard InChI is InChI=1S/C15H17N3OS/c1-10-12(11(2)19-18-10)9-16-8-7-15-17-13-5-3-4-6-14(13)20-15/h3-6,16H,7-9H2,1-2H3. The maximum absolute atomic E-state index is 5.15. The molecule has 0 atom stereocenters. The van der Waals surface area contributed by atoms with Crippen LogP contribution < -0.4 is 5.32 Å². The molecule has 0 aliphatic heterocycles. The first-order valence-corrected chi connectivity index (χ1v) is 7.52. The van der Waals surface area contributed by atoms with Gasteiger partial charge in [0.15, 0.2) is 0 Å². The topological polar surface area (TPSA) is 51.0 Å². The van der Waals surface area contributed by atoms with E-state index in [-0.39, 0.29) is 0 Å². The van der Waals surface area contributed by atoms with E-state index >= 15 is 0 Å². The van der Waals surface area contributed by atoms with E-state index in [1.54, 1.807) is 11.3 Å². The molecule has 1 N–H and O–H groups in total. The molecule has 0 saturated heterocycles. The minimum Gasteiger partial charge on any atom is -0.361 e. The van der Waals surface area contributed by atoms with Gasteiger partial charge >= 0.3 is 0 Å². The minimum absolute atomic E-state index is 0.798. The molecular formula is C15H17N3OS. The number of benzene rings is 1. The summed E-state index contributed by atoms with van der Waals surface area (Å²) in [4.78, 5) is 4.63. The average molecular weight is 287 g/mol. The molecule has 2 heterocycles. The van der Waals surface area contributed by atoms with Gasteiger partial charge in [-0.3, -0.25) is 0 Å². The third kappa shape index (κ3) is 2.73. The third-order valence-electron chi connectivity index (χ3n) is 3.34. The summed E-state index contributed by atoms with van der Waals surface area (Å²) in [6.07, 6.45) is 0.947. The zero-order chi connectivity index (χ0) is 13.9. The number of para-hydroxylation sites is 1. The molecule has 0 unspecified atom stereocenters. The van der Waals surface area contributed by atoms with E-state index in [9.17, 15) is 0 Å². The molecule has 0 aliphatic carbocycles. The lowest BCUT2D eigenvalue weighted by Gasteiger charge is -2.02. The maximum Gasteiger partial charge on any atom is 0.138 e. The lowest BCUT2D eigenvalue weighted by atomic mass is 10.2. The van der Waals surface area contributed by atoms with Crippen molar-refractivity contribution in [3.8, 4) is 0 Å². The van der Waals surface area contributed by atoms with E-state index in [0.29, 0.717) is 0 Å². The minimum atomic E-state index is 0.798. The molecule has 4 nitrogen and oxygen atoms in total. The van der Waals surface area contributed by atoms with Crippen LogP contribution in [0, 0.1) is 13.8 Å². The van der Waals surface area contributed by atoms with Gasteiger partial charge in [-0.15, -0.1) is 11.3 Å². The van der Waals surface area contributed by atoms with Crippen molar-refractivity contribution in [2.75, 3.05) is 6.54 Å². The van der Waals surface area contributed by atoms with Crippen molar-refractivity contribution in [2.45, 2.75) is 26.8 Å². The van der Waals surface area contributed by atoms with Crippen molar-refractivity contribution in [3.05, 3.63) is 46.3 Å². The van der Waals surface area contributed by atoms with Gasteiger partial charge in [-0.2, -0.15) is 0 Å². The van der Waals surface area contributed by atoms with Gasteiger partial charge in [0.25, 0.3) is 0 Å². The van der Waals surface area contributed by atoms with Crippen LogP contribution in [0.15, 0.2) is 28.8 Å². The lowest BCUT2D eigenvalue weighted by molar-refractivity contribution is 0.392. The van der Waals surface area contributed by atoms with Crippen LogP contribution in [0.25, 0.3) is 10.2 Å². The SMILES string of the molecule is Cc1noc(C)c1CNCCc1nc2ccccc2s1. The Morgan fingerprint density at radius 1 is 1.25 bits per heavy atom. The second-order valence-electron chi connectivity index (χ2n) is 4.80. The monoisotopic (exact) mass is 287 g/mol. The van der Waals surface area contributed by atoms with Crippen LogP contribution in [-0.4, -0.2) is 16.7 Å². The van der Waals surface area contributed by atoms with Gasteiger partial charge in [0.2, 0.25) is 0 Å². The smallest absolute Gasteiger partial charge is 0.138 e. The number of aryl methyl sites for hydroxylation is 2. The van der Waals surface area contributed by atoms with Gasteiger partial charge in [0.1, 0.15) is 5.76 Å². The molecule has 0 bridgehead atoms.